The maximum atomic E-state index is 6.46. The molecule has 1 aromatic rings. The summed E-state index contributed by atoms with van der Waals surface area (Å²) in [4.78, 5) is 0. The quantitative estimate of drug-likeness (QED) is 0.445. The van der Waals surface area contributed by atoms with Crippen molar-refractivity contribution >= 4 is 0 Å². The van der Waals surface area contributed by atoms with E-state index in [-0.39, 0.29) is 22.0 Å². The molecule has 0 aromatic heterocycles. The van der Waals surface area contributed by atoms with Gasteiger partial charge in [0, 0.05) is 17.3 Å². The highest BCUT2D eigenvalue weighted by Gasteiger charge is 2.50. The zero-order chi connectivity index (χ0) is 21.9. The van der Waals surface area contributed by atoms with Crippen LogP contribution in [0.25, 0.3) is 0 Å². The van der Waals surface area contributed by atoms with Crippen LogP contribution in [-0.2, 0) is 32.0 Å². The Morgan fingerprint density at radius 2 is 1.43 bits per heavy atom. The lowest BCUT2D eigenvalue weighted by atomic mass is 9.70. The first-order chi connectivity index (χ1) is 14.2. The average molecular weight is 419 g/mol. The third-order valence-corrected chi connectivity index (χ3v) is 7.95. The third-order valence-electron chi connectivity index (χ3n) is 7.95. The van der Waals surface area contributed by atoms with Crippen molar-refractivity contribution in [2.45, 2.75) is 85.0 Å². The SMILES string of the molecule is CCC1(COC(C)(CC)Cc2ccc(COC(C)(C)C3(CC)COC3)cc2)COC1. The Kier molecular flexibility index (Phi) is 7.33. The second kappa shape index (κ2) is 9.28. The van der Waals surface area contributed by atoms with Crippen molar-refractivity contribution < 1.29 is 18.9 Å². The largest absolute Gasteiger partial charge is 0.380 e. The third kappa shape index (κ3) is 4.93. The highest BCUT2D eigenvalue weighted by molar-refractivity contribution is 5.23. The van der Waals surface area contributed by atoms with Crippen LogP contribution in [0.15, 0.2) is 24.3 Å². The molecule has 0 bridgehead atoms. The van der Waals surface area contributed by atoms with Crippen molar-refractivity contribution in [1.82, 2.24) is 0 Å². The first kappa shape index (κ1) is 23.7. The molecule has 0 N–H and O–H groups in total. The summed E-state index contributed by atoms with van der Waals surface area (Å²) in [7, 11) is 0. The molecule has 3 rings (SSSR count). The van der Waals surface area contributed by atoms with Crippen molar-refractivity contribution in [2.75, 3.05) is 33.0 Å². The Morgan fingerprint density at radius 1 is 0.833 bits per heavy atom. The lowest BCUT2D eigenvalue weighted by Crippen LogP contribution is -2.57. The molecule has 170 valence electrons. The molecule has 0 amide bonds. The van der Waals surface area contributed by atoms with Gasteiger partial charge in [0.25, 0.3) is 0 Å². The normalized spacial score (nSPS) is 22.1. The molecule has 4 heteroatoms. The lowest BCUT2D eigenvalue weighted by molar-refractivity contribution is -0.232. The van der Waals surface area contributed by atoms with Crippen LogP contribution in [-0.4, -0.2) is 44.2 Å². The van der Waals surface area contributed by atoms with Gasteiger partial charge in [-0.3, -0.25) is 0 Å². The minimum Gasteiger partial charge on any atom is -0.380 e. The van der Waals surface area contributed by atoms with E-state index in [1.54, 1.807) is 0 Å². The Labute approximate surface area is 183 Å². The van der Waals surface area contributed by atoms with Gasteiger partial charge in [0.05, 0.1) is 50.8 Å². The highest BCUT2D eigenvalue weighted by atomic mass is 16.5. The van der Waals surface area contributed by atoms with Gasteiger partial charge in [-0.2, -0.15) is 0 Å². The average Bonchev–Trinajstić information content (AvgIpc) is 2.66. The Balaban J connectivity index is 1.54. The summed E-state index contributed by atoms with van der Waals surface area (Å²) in [6.07, 6.45) is 4.12. The van der Waals surface area contributed by atoms with Gasteiger partial charge >= 0.3 is 0 Å². The Morgan fingerprint density at radius 3 is 1.87 bits per heavy atom. The van der Waals surface area contributed by atoms with E-state index in [4.69, 9.17) is 18.9 Å². The van der Waals surface area contributed by atoms with Gasteiger partial charge < -0.3 is 18.9 Å². The van der Waals surface area contributed by atoms with Crippen LogP contribution < -0.4 is 0 Å². The van der Waals surface area contributed by atoms with E-state index in [1.807, 2.05) is 0 Å². The molecule has 2 aliphatic rings. The molecule has 2 aliphatic heterocycles. The smallest absolute Gasteiger partial charge is 0.0731 e. The topological polar surface area (TPSA) is 36.9 Å². The predicted molar refractivity (Wildman–Crippen MR) is 121 cm³/mol. The molecule has 0 aliphatic carbocycles. The summed E-state index contributed by atoms with van der Waals surface area (Å²) in [5, 5.41) is 0. The lowest BCUT2D eigenvalue weighted by Gasteiger charge is -2.51. The molecule has 0 radical (unpaired) electrons. The number of benzene rings is 1. The molecule has 4 nitrogen and oxygen atoms in total. The van der Waals surface area contributed by atoms with Crippen LogP contribution in [0.2, 0.25) is 0 Å². The predicted octanol–water partition coefficient (Wildman–Crippen LogP) is 5.56. The highest BCUT2D eigenvalue weighted by Crippen LogP contribution is 2.44. The fourth-order valence-corrected chi connectivity index (χ4v) is 4.31. The van der Waals surface area contributed by atoms with E-state index in [9.17, 15) is 0 Å². The molecule has 2 saturated heterocycles. The molecule has 0 saturated carbocycles. The molecule has 0 spiro atoms. The molecule has 2 fully saturated rings. The van der Waals surface area contributed by atoms with Crippen molar-refractivity contribution in [1.29, 1.82) is 0 Å². The van der Waals surface area contributed by atoms with Crippen LogP contribution in [0.3, 0.4) is 0 Å². The van der Waals surface area contributed by atoms with Crippen molar-refractivity contribution in [2.24, 2.45) is 10.8 Å². The van der Waals surface area contributed by atoms with E-state index < -0.39 is 0 Å². The van der Waals surface area contributed by atoms with E-state index in [1.165, 1.54) is 11.1 Å². The van der Waals surface area contributed by atoms with E-state index >= 15 is 0 Å². The van der Waals surface area contributed by atoms with E-state index in [2.05, 4.69) is 65.8 Å². The maximum absolute atomic E-state index is 6.46. The molecule has 1 aromatic carbocycles. The summed E-state index contributed by atoms with van der Waals surface area (Å²) < 4.78 is 23.8. The van der Waals surface area contributed by atoms with Gasteiger partial charge in [-0.15, -0.1) is 0 Å². The van der Waals surface area contributed by atoms with Gasteiger partial charge in [0.1, 0.15) is 0 Å². The second-order valence-corrected chi connectivity index (χ2v) is 10.4. The minimum absolute atomic E-state index is 0.143. The van der Waals surface area contributed by atoms with Crippen LogP contribution in [0, 0.1) is 10.8 Å². The second-order valence-electron chi connectivity index (χ2n) is 10.4. The first-order valence-corrected chi connectivity index (χ1v) is 11.7. The summed E-state index contributed by atoms with van der Waals surface area (Å²) >= 11 is 0. The van der Waals surface area contributed by atoms with Gasteiger partial charge in [0.2, 0.25) is 0 Å². The van der Waals surface area contributed by atoms with E-state index in [0.29, 0.717) is 6.61 Å². The fraction of sp³-hybridized carbons (Fsp3) is 0.769. The number of ether oxygens (including phenoxy) is 4. The summed E-state index contributed by atoms with van der Waals surface area (Å²) in [5.74, 6) is 0. The van der Waals surface area contributed by atoms with Gasteiger partial charge in [-0.1, -0.05) is 45.0 Å². The van der Waals surface area contributed by atoms with E-state index in [0.717, 1.165) is 58.7 Å². The zero-order valence-corrected chi connectivity index (χ0v) is 20.0. The van der Waals surface area contributed by atoms with Gasteiger partial charge in [-0.25, -0.2) is 0 Å². The number of rotatable bonds is 12. The minimum atomic E-state index is -0.187. The summed E-state index contributed by atoms with van der Waals surface area (Å²) in [6, 6.07) is 8.86. The zero-order valence-electron chi connectivity index (χ0n) is 20.0. The van der Waals surface area contributed by atoms with Gasteiger partial charge in [0.15, 0.2) is 0 Å². The van der Waals surface area contributed by atoms with Crippen LogP contribution in [0.1, 0.15) is 71.9 Å². The fourth-order valence-electron chi connectivity index (χ4n) is 4.31. The number of hydrogen-bond acceptors (Lipinski definition) is 4. The molecular formula is C26H42O4. The monoisotopic (exact) mass is 418 g/mol. The van der Waals surface area contributed by atoms with Crippen molar-refractivity contribution in [3.05, 3.63) is 35.4 Å². The first-order valence-electron chi connectivity index (χ1n) is 11.7. The van der Waals surface area contributed by atoms with Crippen LogP contribution >= 0.6 is 0 Å². The molecule has 1 unspecified atom stereocenters. The maximum Gasteiger partial charge on any atom is 0.0731 e. The summed E-state index contributed by atoms with van der Waals surface area (Å²) in [5.41, 5.74) is 2.58. The molecular weight excluding hydrogens is 376 g/mol. The Bertz CT molecular complexity index is 662. The standard InChI is InChI=1S/C26H42O4/c1-7-24(6,30-18-25(8-2)16-27-17-25)14-21-10-12-22(13-11-21)15-29-23(4,5)26(9-3)19-28-20-26/h10-13H,7-9,14-20H2,1-6H3. The summed E-state index contributed by atoms with van der Waals surface area (Å²) in [6.45, 7) is 18.0. The molecule has 30 heavy (non-hydrogen) atoms. The van der Waals surface area contributed by atoms with Crippen LogP contribution in [0.4, 0.5) is 0 Å². The number of hydrogen-bond donors (Lipinski definition) is 0. The van der Waals surface area contributed by atoms with Gasteiger partial charge in [-0.05, 0) is 51.2 Å². The molecule has 2 heterocycles. The van der Waals surface area contributed by atoms with Crippen molar-refractivity contribution in [3.63, 3.8) is 0 Å². The van der Waals surface area contributed by atoms with Crippen LogP contribution in [0.5, 0.6) is 0 Å². The Hall–Kier alpha value is -0.940. The molecule has 1 atom stereocenters. The van der Waals surface area contributed by atoms with Crippen molar-refractivity contribution in [3.8, 4) is 0 Å².